The Labute approximate surface area is 134 Å². The van der Waals surface area contributed by atoms with Gasteiger partial charge in [0.25, 0.3) is 0 Å². The van der Waals surface area contributed by atoms with Crippen molar-refractivity contribution in [1.29, 1.82) is 0 Å². The van der Waals surface area contributed by atoms with Crippen molar-refractivity contribution in [3.8, 4) is 11.3 Å². The van der Waals surface area contributed by atoms with Crippen molar-refractivity contribution in [3.05, 3.63) is 40.2 Å². The van der Waals surface area contributed by atoms with Crippen molar-refractivity contribution in [2.75, 3.05) is 31.6 Å². The highest BCUT2D eigenvalue weighted by atomic mass is 32.2. The third-order valence-corrected chi connectivity index (χ3v) is 6.05. The number of benzene rings is 1. The Morgan fingerprint density at radius 3 is 2.86 bits per heavy atom. The van der Waals surface area contributed by atoms with E-state index in [1.54, 1.807) is 0 Å². The fourth-order valence-electron chi connectivity index (χ4n) is 2.58. The molecule has 1 saturated heterocycles. The molecule has 2 aromatic rings. The lowest BCUT2D eigenvalue weighted by Gasteiger charge is -2.30. The van der Waals surface area contributed by atoms with E-state index in [1.165, 1.54) is 21.2 Å². The Balaban J connectivity index is 1.96. The van der Waals surface area contributed by atoms with E-state index in [1.807, 2.05) is 29.2 Å². The van der Waals surface area contributed by atoms with Crippen LogP contribution in [0.15, 0.2) is 30.3 Å². The summed E-state index contributed by atoms with van der Waals surface area (Å²) in [6.45, 7) is 1.82. The highest BCUT2D eigenvalue weighted by Gasteiger charge is 2.25. The number of nitrogens with zero attached hydrogens (tertiary/aromatic N) is 2. The molecule has 0 aliphatic carbocycles. The highest BCUT2D eigenvalue weighted by Crippen LogP contribution is 2.36. The first-order chi connectivity index (χ1) is 10.3. The molecular weight excluding hydrogens is 298 g/mol. The van der Waals surface area contributed by atoms with Crippen LogP contribution >= 0.6 is 23.1 Å². The number of nitrogens with two attached hydrogens (primary N) is 1. The zero-order chi connectivity index (χ0) is 14.7. The van der Waals surface area contributed by atoms with E-state index in [-0.39, 0.29) is 0 Å². The molecule has 1 fully saturated rings. The fraction of sp³-hybridized carbons (Fsp3) is 0.438. The van der Waals surface area contributed by atoms with Crippen molar-refractivity contribution in [1.82, 2.24) is 9.88 Å². The van der Waals surface area contributed by atoms with Crippen LogP contribution < -0.4 is 5.73 Å². The molecule has 2 N–H and O–H groups in total. The molecule has 112 valence electrons. The van der Waals surface area contributed by atoms with Gasteiger partial charge in [-0.1, -0.05) is 30.3 Å². The molecule has 5 heteroatoms. The van der Waals surface area contributed by atoms with Gasteiger partial charge in [-0.25, -0.2) is 4.98 Å². The lowest BCUT2D eigenvalue weighted by molar-refractivity contribution is 0.274. The lowest BCUT2D eigenvalue weighted by atomic mass is 10.1. The van der Waals surface area contributed by atoms with Crippen LogP contribution in [0.2, 0.25) is 0 Å². The van der Waals surface area contributed by atoms with Crippen molar-refractivity contribution in [2.45, 2.75) is 12.5 Å². The van der Waals surface area contributed by atoms with Crippen LogP contribution in [0.4, 0.5) is 0 Å². The minimum Gasteiger partial charge on any atom is -0.330 e. The third-order valence-electron chi connectivity index (χ3n) is 3.81. The van der Waals surface area contributed by atoms with Crippen molar-refractivity contribution in [3.63, 3.8) is 0 Å². The summed E-state index contributed by atoms with van der Waals surface area (Å²) < 4.78 is 0. The summed E-state index contributed by atoms with van der Waals surface area (Å²) in [5.41, 5.74) is 8.12. The SMILES string of the molecule is CN1CCSCC1c1nc(-c2ccccc2)c(CCN)s1. The van der Waals surface area contributed by atoms with Crippen molar-refractivity contribution in [2.24, 2.45) is 5.73 Å². The van der Waals surface area contributed by atoms with Gasteiger partial charge in [0.05, 0.1) is 11.7 Å². The van der Waals surface area contributed by atoms with Crippen LogP contribution in [0, 0.1) is 0 Å². The number of hydrogen-bond acceptors (Lipinski definition) is 5. The second kappa shape index (κ2) is 6.92. The number of aromatic nitrogens is 1. The Kier molecular flexibility index (Phi) is 4.95. The fourth-order valence-corrected chi connectivity index (χ4v) is 5.17. The molecule has 1 atom stereocenters. The van der Waals surface area contributed by atoms with Gasteiger partial charge >= 0.3 is 0 Å². The van der Waals surface area contributed by atoms with Gasteiger partial charge in [-0.3, -0.25) is 4.90 Å². The Morgan fingerprint density at radius 1 is 1.33 bits per heavy atom. The predicted octanol–water partition coefficient (Wildman–Crippen LogP) is 3.03. The van der Waals surface area contributed by atoms with Gasteiger partial charge in [0.2, 0.25) is 0 Å². The first-order valence-electron chi connectivity index (χ1n) is 7.32. The summed E-state index contributed by atoms with van der Waals surface area (Å²) in [6, 6.07) is 10.9. The number of thiazole rings is 1. The van der Waals surface area contributed by atoms with Gasteiger partial charge < -0.3 is 5.73 Å². The summed E-state index contributed by atoms with van der Waals surface area (Å²) in [5, 5.41) is 1.24. The highest BCUT2D eigenvalue weighted by molar-refractivity contribution is 7.99. The second-order valence-corrected chi connectivity index (χ2v) is 7.56. The van der Waals surface area contributed by atoms with E-state index in [9.17, 15) is 0 Å². The van der Waals surface area contributed by atoms with Crippen LogP contribution in [-0.4, -0.2) is 41.5 Å². The number of rotatable bonds is 4. The molecule has 0 spiro atoms. The van der Waals surface area contributed by atoms with Gasteiger partial charge in [-0.2, -0.15) is 11.8 Å². The minimum atomic E-state index is 0.447. The molecule has 3 nitrogen and oxygen atoms in total. The van der Waals surface area contributed by atoms with Crippen LogP contribution in [-0.2, 0) is 6.42 Å². The molecule has 3 rings (SSSR count). The van der Waals surface area contributed by atoms with Gasteiger partial charge in [0, 0.05) is 28.5 Å². The average molecular weight is 319 g/mol. The number of thioether (sulfide) groups is 1. The summed E-state index contributed by atoms with van der Waals surface area (Å²) in [5.74, 6) is 2.36. The van der Waals surface area contributed by atoms with Crippen LogP contribution in [0.3, 0.4) is 0 Å². The summed E-state index contributed by atoms with van der Waals surface area (Å²) >= 11 is 3.87. The van der Waals surface area contributed by atoms with E-state index in [0.717, 1.165) is 24.4 Å². The van der Waals surface area contributed by atoms with E-state index in [4.69, 9.17) is 10.7 Å². The maximum absolute atomic E-state index is 5.79. The normalized spacial score (nSPS) is 19.8. The first-order valence-corrected chi connectivity index (χ1v) is 9.30. The van der Waals surface area contributed by atoms with Gasteiger partial charge in [0.1, 0.15) is 5.01 Å². The van der Waals surface area contributed by atoms with Crippen LogP contribution in [0.5, 0.6) is 0 Å². The standard InChI is InChI=1S/C16H21N3S2/c1-19-9-10-20-11-13(19)16-18-15(14(21-16)7-8-17)12-5-3-2-4-6-12/h2-6,13H,7-11,17H2,1H3. The molecule has 0 saturated carbocycles. The molecular formula is C16H21N3S2. The number of hydrogen-bond donors (Lipinski definition) is 1. The molecule has 1 unspecified atom stereocenters. The zero-order valence-electron chi connectivity index (χ0n) is 12.3. The molecule has 1 aliphatic rings. The Hall–Kier alpha value is -0.880. The van der Waals surface area contributed by atoms with Gasteiger partial charge in [0.15, 0.2) is 0 Å². The molecule has 1 aromatic carbocycles. The maximum atomic E-state index is 5.79. The van der Waals surface area contributed by atoms with Gasteiger partial charge in [-0.05, 0) is 20.0 Å². The molecule has 21 heavy (non-hydrogen) atoms. The molecule has 1 aromatic heterocycles. The van der Waals surface area contributed by atoms with Crippen LogP contribution in [0.25, 0.3) is 11.3 Å². The molecule has 0 bridgehead atoms. The lowest BCUT2D eigenvalue weighted by Crippen LogP contribution is -2.32. The van der Waals surface area contributed by atoms with E-state index in [0.29, 0.717) is 12.6 Å². The van der Waals surface area contributed by atoms with Crippen LogP contribution in [0.1, 0.15) is 15.9 Å². The quantitative estimate of drug-likeness (QED) is 0.940. The molecule has 2 heterocycles. The third kappa shape index (κ3) is 3.31. The zero-order valence-corrected chi connectivity index (χ0v) is 13.9. The minimum absolute atomic E-state index is 0.447. The Bertz CT molecular complexity index is 582. The molecule has 0 amide bonds. The van der Waals surface area contributed by atoms with E-state index in [2.05, 4.69) is 36.2 Å². The second-order valence-electron chi connectivity index (χ2n) is 5.30. The summed E-state index contributed by atoms with van der Waals surface area (Å²) in [6.07, 6.45) is 0.908. The van der Waals surface area contributed by atoms with Crippen molar-refractivity contribution < 1.29 is 0 Å². The predicted molar refractivity (Wildman–Crippen MR) is 93.0 cm³/mol. The molecule has 1 aliphatic heterocycles. The maximum Gasteiger partial charge on any atom is 0.112 e. The largest absolute Gasteiger partial charge is 0.330 e. The molecule has 0 radical (unpaired) electrons. The topological polar surface area (TPSA) is 42.2 Å². The van der Waals surface area contributed by atoms with Crippen molar-refractivity contribution >= 4 is 23.1 Å². The Morgan fingerprint density at radius 2 is 2.14 bits per heavy atom. The van der Waals surface area contributed by atoms with Gasteiger partial charge in [-0.15, -0.1) is 11.3 Å². The monoisotopic (exact) mass is 319 g/mol. The van der Waals surface area contributed by atoms with E-state index < -0.39 is 0 Å². The smallest absolute Gasteiger partial charge is 0.112 e. The summed E-state index contributed by atoms with van der Waals surface area (Å²) in [4.78, 5) is 8.73. The van der Waals surface area contributed by atoms with E-state index >= 15 is 0 Å². The first kappa shape index (κ1) is 15.0. The summed E-state index contributed by atoms with van der Waals surface area (Å²) in [7, 11) is 2.20. The average Bonchev–Trinajstić information content (AvgIpc) is 2.93.